The third-order valence-electron chi connectivity index (χ3n) is 2.07. The molecule has 0 aliphatic heterocycles. The SMILES string of the molecule is CCn1nc(-c2cccnc2)cc1N. The van der Waals surface area contributed by atoms with E-state index in [1.807, 2.05) is 25.1 Å². The third-order valence-corrected chi connectivity index (χ3v) is 2.07. The number of anilines is 1. The summed E-state index contributed by atoms with van der Waals surface area (Å²) in [5.41, 5.74) is 7.63. The first-order chi connectivity index (χ1) is 6.81. The molecule has 0 amide bonds. The van der Waals surface area contributed by atoms with Gasteiger partial charge in [-0.15, -0.1) is 0 Å². The number of nitrogen functional groups attached to an aromatic ring is 1. The summed E-state index contributed by atoms with van der Waals surface area (Å²) >= 11 is 0. The zero-order valence-electron chi connectivity index (χ0n) is 8.01. The Kier molecular flexibility index (Phi) is 2.18. The highest BCUT2D eigenvalue weighted by molar-refractivity contribution is 5.60. The van der Waals surface area contributed by atoms with Gasteiger partial charge in [-0.05, 0) is 19.1 Å². The molecule has 14 heavy (non-hydrogen) atoms. The average molecular weight is 188 g/mol. The van der Waals surface area contributed by atoms with Crippen LogP contribution in [0.15, 0.2) is 30.6 Å². The van der Waals surface area contributed by atoms with E-state index in [9.17, 15) is 0 Å². The van der Waals surface area contributed by atoms with Gasteiger partial charge >= 0.3 is 0 Å². The van der Waals surface area contributed by atoms with Gasteiger partial charge in [0.15, 0.2) is 0 Å². The molecule has 4 heteroatoms. The lowest BCUT2D eigenvalue weighted by molar-refractivity contribution is 0.672. The van der Waals surface area contributed by atoms with Crippen molar-refractivity contribution in [1.29, 1.82) is 0 Å². The molecule has 2 heterocycles. The van der Waals surface area contributed by atoms with Crippen LogP contribution < -0.4 is 5.73 Å². The van der Waals surface area contributed by atoms with Crippen molar-refractivity contribution in [3.63, 3.8) is 0 Å². The monoisotopic (exact) mass is 188 g/mol. The molecule has 2 aromatic rings. The Hall–Kier alpha value is -1.84. The lowest BCUT2D eigenvalue weighted by atomic mass is 10.2. The van der Waals surface area contributed by atoms with Crippen LogP contribution in [0.3, 0.4) is 0 Å². The number of nitrogens with zero attached hydrogens (tertiary/aromatic N) is 3. The van der Waals surface area contributed by atoms with E-state index in [1.54, 1.807) is 17.1 Å². The smallest absolute Gasteiger partial charge is 0.122 e. The molecule has 72 valence electrons. The zero-order chi connectivity index (χ0) is 9.97. The Morgan fingerprint density at radius 2 is 2.36 bits per heavy atom. The topological polar surface area (TPSA) is 56.7 Å². The number of nitrogens with two attached hydrogens (primary N) is 1. The van der Waals surface area contributed by atoms with Crippen LogP contribution in [0, 0.1) is 0 Å². The van der Waals surface area contributed by atoms with E-state index in [0.29, 0.717) is 5.82 Å². The molecular formula is C10H12N4. The number of hydrogen-bond donors (Lipinski definition) is 1. The summed E-state index contributed by atoms with van der Waals surface area (Å²) in [7, 11) is 0. The van der Waals surface area contributed by atoms with Gasteiger partial charge in [0.05, 0.1) is 5.69 Å². The highest BCUT2D eigenvalue weighted by Gasteiger charge is 2.04. The first kappa shape index (κ1) is 8.74. The van der Waals surface area contributed by atoms with Crippen LogP contribution in [0.2, 0.25) is 0 Å². The van der Waals surface area contributed by atoms with E-state index in [2.05, 4.69) is 10.1 Å². The first-order valence-electron chi connectivity index (χ1n) is 4.55. The van der Waals surface area contributed by atoms with Gasteiger partial charge < -0.3 is 5.73 Å². The number of aromatic nitrogens is 3. The Balaban J connectivity index is 2.43. The average Bonchev–Trinajstić information content (AvgIpc) is 2.61. The number of pyridine rings is 1. The van der Waals surface area contributed by atoms with E-state index in [4.69, 9.17) is 5.73 Å². The van der Waals surface area contributed by atoms with Crippen molar-refractivity contribution in [1.82, 2.24) is 14.8 Å². The maximum Gasteiger partial charge on any atom is 0.122 e. The summed E-state index contributed by atoms with van der Waals surface area (Å²) in [6, 6.07) is 5.71. The quantitative estimate of drug-likeness (QED) is 0.777. The van der Waals surface area contributed by atoms with Crippen LogP contribution >= 0.6 is 0 Å². The van der Waals surface area contributed by atoms with Crippen LogP contribution in [0.1, 0.15) is 6.92 Å². The zero-order valence-corrected chi connectivity index (χ0v) is 8.01. The fraction of sp³-hybridized carbons (Fsp3) is 0.200. The van der Waals surface area contributed by atoms with Gasteiger partial charge in [-0.3, -0.25) is 4.98 Å². The summed E-state index contributed by atoms with van der Waals surface area (Å²) in [4.78, 5) is 4.04. The van der Waals surface area contributed by atoms with E-state index in [1.165, 1.54) is 0 Å². The molecule has 2 N–H and O–H groups in total. The second kappa shape index (κ2) is 3.49. The number of hydrogen-bond acceptors (Lipinski definition) is 3. The van der Waals surface area contributed by atoms with Crippen LogP contribution in [0.5, 0.6) is 0 Å². The van der Waals surface area contributed by atoms with Gasteiger partial charge in [-0.1, -0.05) is 0 Å². The summed E-state index contributed by atoms with van der Waals surface area (Å²) in [6.07, 6.45) is 3.52. The van der Waals surface area contributed by atoms with Crippen LogP contribution in [0.4, 0.5) is 5.82 Å². The number of aryl methyl sites for hydroxylation is 1. The highest BCUT2D eigenvalue weighted by Crippen LogP contribution is 2.18. The van der Waals surface area contributed by atoms with Crippen LogP contribution in [-0.2, 0) is 6.54 Å². The van der Waals surface area contributed by atoms with Crippen molar-refractivity contribution >= 4 is 5.82 Å². The summed E-state index contributed by atoms with van der Waals surface area (Å²) in [5, 5.41) is 4.35. The van der Waals surface area contributed by atoms with E-state index >= 15 is 0 Å². The van der Waals surface area contributed by atoms with Gasteiger partial charge in [0.2, 0.25) is 0 Å². The highest BCUT2D eigenvalue weighted by atomic mass is 15.3. The van der Waals surface area contributed by atoms with Crippen LogP contribution in [0.25, 0.3) is 11.3 Å². The fourth-order valence-corrected chi connectivity index (χ4v) is 1.34. The molecule has 0 saturated heterocycles. The van der Waals surface area contributed by atoms with Crippen molar-refractivity contribution in [2.24, 2.45) is 0 Å². The van der Waals surface area contributed by atoms with Crippen molar-refractivity contribution in [3.05, 3.63) is 30.6 Å². The van der Waals surface area contributed by atoms with Gasteiger partial charge in [-0.2, -0.15) is 5.10 Å². The predicted molar refractivity (Wildman–Crippen MR) is 55.5 cm³/mol. The fourth-order valence-electron chi connectivity index (χ4n) is 1.34. The van der Waals surface area contributed by atoms with Gasteiger partial charge in [0, 0.05) is 30.6 Å². The Bertz CT molecular complexity index is 419. The lowest BCUT2D eigenvalue weighted by Crippen LogP contribution is -2.01. The largest absolute Gasteiger partial charge is 0.384 e. The molecule has 0 spiro atoms. The second-order valence-corrected chi connectivity index (χ2v) is 3.01. The van der Waals surface area contributed by atoms with Crippen LogP contribution in [-0.4, -0.2) is 14.8 Å². The maximum atomic E-state index is 5.77. The van der Waals surface area contributed by atoms with Crippen molar-refractivity contribution in [2.75, 3.05) is 5.73 Å². The minimum atomic E-state index is 0.686. The Morgan fingerprint density at radius 1 is 1.50 bits per heavy atom. The molecule has 0 saturated carbocycles. The Labute approximate surface area is 82.4 Å². The molecule has 0 bridgehead atoms. The predicted octanol–water partition coefficient (Wildman–Crippen LogP) is 1.55. The minimum absolute atomic E-state index is 0.686. The standard InChI is InChI=1S/C10H12N4/c1-2-14-10(11)6-9(13-14)8-4-3-5-12-7-8/h3-7H,2,11H2,1H3. The second-order valence-electron chi connectivity index (χ2n) is 3.01. The molecule has 2 aromatic heterocycles. The molecule has 0 radical (unpaired) electrons. The summed E-state index contributed by atoms with van der Waals surface area (Å²) in [6.45, 7) is 2.79. The lowest BCUT2D eigenvalue weighted by Gasteiger charge is -1.96. The molecule has 0 unspecified atom stereocenters. The van der Waals surface area contributed by atoms with Crippen molar-refractivity contribution in [2.45, 2.75) is 13.5 Å². The third kappa shape index (κ3) is 1.46. The molecule has 2 rings (SSSR count). The van der Waals surface area contributed by atoms with E-state index in [-0.39, 0.29) is 0 Å². The number of rotatable bonds is 2. The normalized spacial score (nSPS) is 10.4. The molecule has 0 aliphatic carbocycles. The minimum Gasteiger partial charge on any atom is -0.384 e. The Morgan fingerprint density at radius 3 is 2.93 bits per heavy atom. The van der Waals surface area contributed by atoms with E-state index < -0.39 is 0 Å². The molecule has 0 atom stereocenters. The molecular weight excluding hydrogens is 176 g/mol. The molecule has 0 aliphatic rings. The summed E-state index contributed by atoms with van der Waals surface area (Å²) in [5.74, 6) is 0.686. The van der Waals surface area contributed by atoms with Crippen molar-refractivity contribution in [3.8, 4) is 11.3 Å². The molecule has 0 aromatic carbocycles. The molecule has 4 nitrogen and oxygen atoms in total. The molecule has 0 fully saturated rings. The van der Waals surface area contributed by atoms with Gasteiger partial charge in [0.1, 0.15) is 5.82 Å². The van der Waals surface area contributed by atoms with E-state index in [0.717, 1.165) is 17.8 Å². The van der Waals surface area contributed by atoms with Crippen molar-refractivity contribution < 1.29 is 0 Å². The first-order valence-corrected chi connectivity index (χ1v) is 4.55. The maximum absolute atomic E-state index is 5.77. The summed E-state index contributed by atoms with van der Waals surface area (Å²) < 4.78 is 1.77. The van der Waals surface area contributed by atoms with Gasteiger partial charge in [-0.25, -0.2) is 4.68 Å². The van der Waals surface area contributed by atoms with Gasteiger partial charge in [0.25, 0.3) is 0 Å².